The van der Waals surface area contributed by atoms with E-state index in [2.05, 4.69) is 25.4 Å². The lowest BCUT2D eigenvalue weighted by atomic mass is 10.1. The molecule has 0 aliphatic rings. The minimum atomic E-state index is -0.0429. The number of thioether (sulfide) groups is 1. The number of nitrogens with zero attached hydrogens (tertiary/aromatic N) is 5. The highest BCUT2D eigenvalue weighted by Gasteiger charge is 2.15. The van der Waals surface area contributed by atoms with Gasteiger partial charge in [-0.1, -0.05) is 17.8 Å². The number of nitrogens with one attached hydrogen (secondary N) is 1. The summed E-state index contributed by atoms with van der Waals surface area (Å²) >= 11 is 1.48. The van der Waals surface area contributed by atoms with Crippen LogP contribution in [0.3, 0.4) is 0 Å². The Morgan fingerprint density at radius 3 is 2.86 bits per heavy atom. The van der Waals surface area contributed by atoms with Gasteiger partial charge in [-0.3, -0.25) is 9.78 Å². The van der Waals surface area contributed by atoms with Crippen LogP contribution in [0.2, 0.25) is 0 Å². The quantitative estimate of drug-likeness (QED) is 0.523. The van der Waals surface area contributed by atoms with Crippen LogP contribution in [0, 0.1) is 13.8 Å². The van der Waals surface area contributed by atoms with Crippen molar-refractivity contribution in [3.05, 3.63) is 53.5 Å². The summed E-state index contributed by atoms with van der Waals surface area (Å²) in [6.07, 6.45) is 4.62. The molecule has 0 radical (unpaired) electrons. The van der Waals surface area contributed by atoms with Gasteiger partial charge in [-0.25, -0.2) is 9.50 Å². The Labute approximate surface area is 166 Å². The van der Waals surface area contributed by atoms with Gasteiger partial charge in [0.05, 0.1) is 11.2 Å². The fourth-order valence-electron chi connectivity index (χ4n) is 3.30. The Bertz CT molecular complexity index is 1180. The van der Waals surface area contributed by atoms with Crippen LogP contribution in [0.25, 0.3) is 16.7 Å². The first-order chi connectivity index (χ1) is 13.6. The van der Waals surface area contributed by atoms with Gasteiger partial charge < -0.3 is 5.32 Å². The zero-order chi connectivity index (χ0) is 19.7. The summed E-state index contributed by atoms with van der Waals surface area (Å²) in [5.41, 5.74) is 4.51. The molecule has 0 aliphatic carbocycles. The topological polar surface area (TPSA) is 85.1 Å². The minimum absolute atomic E-state index is 0.0429. The highest BCUT2D eigenvalue weighted by atomic mass is 32.2. The van der Waals surface area contributed by atoms with E-state index in [-0.39, 0.29) is 5.91 Å². The third-order valence-electron chi connectivity index (χ3n) is 4.73. The molecule has 4 rings (SSSR count). The standard InChI is InChI=1S/C20H20N6OS/c1-12-14(13(2)26-19(22-12)24-20(25-26)28-3)9-10-18(27)23-17-8-4-7-16-15(17)6-5-11-21-16/h4-8,11H,9-10H2,1-3H3,(H,23,27). The van der Waals surface area contributed by atoms with E-state index in [9.17, 15) is 4.79 Å². The predicted octanol–water partition coefficient (Wildman–Crippen LogP) is 3.58. The first kappa shape index (κ1) is 18.4. The lowest BCUT2D eigenvalue weighted by molar-refractivity contribution is -0.116. The van der Waals surface area contributed by atoms with Crippen molar-refractivity contribution < 1.29 is 4.79 Å². The maximum Gasteiger partial charge on any atom is 0.253 e. The molecule has 3 heterocycles. The van der Waals surface area contributed by atoms with E-state index in [1.165, 1.54) is 11.8 Å². The molecule has 1 N–H and O–H groups in total. The van der Waals surface area contributed by atoms with E-state index in [0.29, 0.717) is 23.8 Å². The van der Waals surface area contributed by atoms with E-state index in [1.807, 2.05) is 50.4 Å². The number of carbonyl (C=O) groups excluding carboxylic acids is 1. The zero-order valence-corrected chi connectivity index (χ0v) is 16.7. The number of aromatic nitrogens is 5. The number of amides is 1. The summed E-state index contributed by atoms with van der Waals surface area (Å²) in [6.45, 7) is 3.94. The maximum absolute atomic E-state index is 12.6. The molecule has 142 valence electrons. The summed E-state index contributed by atoms with van der Waals surface area (Å²) in [5, 5.41) is 9.09. The van der Waals surface area contributed by atoms with Gasteiger partial charge in [-0.05, 0) is 56.4 Å². The van der Waals surface area contributed by atoms with Gasteiger partial charge in [0.15, 0.2) is 0 Å². The number of pyridine rings is 1. The molecule has 0 spiro atoms. The largest absolute Gasteiger partial charge is 0.325 e. The fourth-order valence-corrected chi connectivity index (χ4v) is 3.64. The minimum Gasteiger partial charge on any atom is -0.325 e. The van der Waals surface area contributed by atoms with Crippen LogP contribution >= 0.6 is 11.8 Å². The summed E-state index contributed by atoms with van der Waals surface area (Å²) < 4.78 is 1.75. The Balaban J connectivity index is 1.53. The molecule has 3 aromatic heterocycles. The first-order valence-electron chi connectivity index (χ1n) is 8.97. The number of hydrogen-bond acceptors (Lipinski definition) is 6. The molecule has 1 aromatic carbocycles. The van der Waals surface area contributed by atoms with Crippen LogP contribution in [-0.4, -0.2) is 36.7 Å². The van der Waals surface area contributed by atoms with Gasteiger partial charge in [0.25, 0.3) is 5.78 Å². The molecular weight excluding hydrogens is 372 g/mol. The van der Waals surface area contributed by atoms with Crippen molar-refractivity contribution >= 4 is 40.0 Å². The first-order valence-corrected chi connectivity index (χ1v) is 10.2. The molecule has 0 atom stereocenters. The highest BCUT2D eigenvalue weighted by Crippen LogP contribution is 2.22. The lowest BCUT2D eigenvalue weighted by Crippen LogP contribution is -2.14. The second kappa shape index (κ2) is 7.55. The second-order valence-corrected chi connectivity index (χ2v) is 7.27. The molecule has 0 saturated heterocycles. The monoisotopic (exact) mass is 392 g/mol. The number of carbonyl (C=O) groups is 1. The molecular formula is C20H20N6OS. The number of anilines is 1. The number of benzene rings is 1. The van der Waals surface area contributed by atoms with Gasteiger partial charge in [0.2, 0.25) is 11.1 Å². The number of fused-ring (bicyclic) bond motifs is 2. The maximum atomic E-state index is 12.6. The van der Waals surface area contributed by atoms with E-state index in [0.717, 1.165) is 33.5 Å². The van der Waals surface area contributed by atoms with Crippen molar-refractivity contribution in [3.8, 4) is 0 Å². The molecule has 1 amide bonds. The third kappa shape index (κ3) is 3.43. The van der Waals surface area contributed by atoms with Crippen LogP contribution < -0.4 is 5.32 Å². The molecule has 0 saturated carbocycles. The van der Waals surface area contributed by atoms with E-state index in [1.54, 1.807) is 10.7 Å². The number of hydrogen-bond donors (Lipinski definition) is 1. The fraction of sp³-hybridized carbons (Fsp3) is 0.250. The van der Waals surface area contributed by atoms with Crippen molar-refractivity contribution in [2.75, 3.05) is 11.6 Å². The average molecular weight is 392 g/mol. The molecule has 0 fully saturated rings. The molecule has 8 heteroatoms. The van der Waals surface area contributed by atoms with Crippen LogP contribution in [0.15, 0.2) is 41.7 Å². The second-order valence-electron chi connectivity index (χ2n) is 6.50. The Kier molecular flexibility index (Phi) is 4.95. The molecule has 28 heavy (non-hydrogen) atoms. The van der Waals surface area contributed by atoms with E-state index >= 15 is 0 Å². The van der Waals surface area contributed by atoms with E-state index < -0.39 is 0 Å². The van der Waals surface area contributed by atoms with Gasteiger partial charge >= 0.3 is 0 Å². The Morgan fingerprint density at radius 1 is 1.18 bits per heavy atom. The van der Waals surface area contributed by atoms with Crippen molar-refractivity contribution in [1.82, 2.24) is 24.6 Å². The smallest absolute Gasteiger partial charge is 0.253 e. The van der Waals surface area contributed by atoms with Gasteiger partial charge in [0.1, 0.15) is 0 Å². The van der Waals surface area contributed by atoms with Crippen molar-refractivity contribution in [2.24, 2.45) is 0 Å². The summed E-state index contributed by atoms with van der Waals surface area (Å²) in [6, 6.07) is 9.54. The predicted molar refractivity (Wildman–Crippen MR) is 111 cm³/mol. The number of aryl methyl sites for hydroxylation is 2. The SMILES string of the molecule is CSc1nc2nc(C)c(CCC(=O)Nc3cccc4ncccc34)c(C)n2n1. The van der Waals surface area contributed by atoms with Crippen molar-refractivity contribution in [2.45, 2.75) is 31.8 Å². The van der Waals surface area contributed by atoms with E-state index in [4.69, 9.17) is 0 Å². The summed E-state index contributed by atoms with van der Waals surface area (Å²) in [7, 11) is 0. The van der Waals surface area contributed by atoms with Gasteiger partial charge in [-0.15, -0.1) is 5.10 Å². The van der Waals surface area contributed by atoms with Crippen LogP contribution in [0.4, 0.5) is 5.69 Å². The van der Waals surface area contributed by atoms with Gasteiger partial charge in [-0.2, -0.15) is 4.98 Å². The molecule has 4 aromatic rings. The average Bonchev–Trinajstić information content (AvgIpc) is 3.11. The van der Waals surface area contributed by atoms with Crippen molar-refractivity contribution in [1.29, 1.82) is 0 Å². The molecule has 0 unspecified atom stereocenters. The zero-order valence-electron chi connectivity index (χ0n) is 15.9. The van der Waals surface area contributed by atoms with Gasteiger partial charge in [0, 0.05) is 29.4 Å². The normalized spacial score (nSPS) is 11.2. The third-order valence-corrected chi connectivity index (χ3v) is 5.27. The summed E-state index contributed by atoms with van der Waals surface area (Å²) in [5.74, 6) is 0.550. The molecule has 0 aliphatic heterocycles. The lowest BCUT2D eigenvalue weighted by Gasteiger charge is -2.11. The Hall–Kier alpha value is -3.00. The summed E-state index contributed by atoms with van der Waals surface area (Å²) in [4.78, 5) is 25.8. The molecule has 0 bridgehead atoms. The molecule has 7 nitrogen and oxygen atoms in total. The number of rotatable bonds is 5. The highest BCUT2D eigenvalue weighted by molar-refractivity contribution is 7.98. The Morgan fingerprint density at radius 2 is 2.04 bits per heavy atom. The van der Waals surface area contributed by atoms with Crippen molar-refractivity contribution in [3.63, 3.8) is 0 Å². The van der Waals surface area contributed by atoms with Crippen LogP contribution in [0.1, 0.15) is 23.4 Å². The van der Waals surface area contributed by atoms with Crippen LogP contribution in [0.5, 0.6) is 0 Å². The van der Waals surface area contributed by atoms with Crippen LogP contribution in [-0.2, 0) is 11.2 Å².